The first kappa shape index (κ1) is 30.5. The zero-order valence-electron chi connectivity index (χ0n) is 23.5. The van der Waals surface area contributed by atoms with E-state index in [1.54, 1.807) is 16.8 Å². The van der Waals surface area contributed by atoms with E-state index in [4.69, 9.17) is 0 Å². The van der Waals surface area contributed by atoms with Gasteiger partial charge in [0.1, 0.15) is 0 Å². The van der Waals surface area contributed by atoms with Crippen molar-refractivity contribution in [1.82, 2.24) is 13.9 Å². The molecule has 5 nitrogen and oxygen atoms in total. The fourth-order valence-corrected chi connectivity index (χ4v) is 5.89. The van der Waals surface area contributed by atoms with Crippen molar-refractivity contribution >= 4 is 16.1 Å². The molecule has 0 N–H and O–H groups in total. The summed E-state index contributed by atoms with van der Waals surface area (Å²) in [6.07, 6.45) is 19.2. The molecule has 37 heavy (non-hydrogen) atoms. The van der Waals surface area contributed by atoms with Crippen molar-refractivity contribution in [3.63, 3.8) is 0 Å². The van der Waals surface area contributed by atoms with Gasteiger partial charge in [-0.05, 0) is 60.0 Å². The van der Waals surface area contributed by atoms with Gasteiger partial charge < -0.3 is 4.57 Å². The van der Waals surface area contributed by atoms with E-state index in [0.29, 0.717) is 19.0 Å². The largest absolute Gasteiger partial charge is 0.341 e. The Morgan fingerprint density at radius 2 is 1.84 bits per heavy atom. The fourth-order valence-electron chi connectivity index (χ4n) is 5.01. The van der Waals surface area contributed by atoms with Crippen LogP contribution >= 0.6 is 0 Å². The van der Waals surface area contributed by atoms with Gasteiger partial charge in [-0.1, -0.05) is 82.3 Å². The Labute approximate surface area is 225 Å². The molecule has 2 aliphatic rings. The maximum atomic E-state index is 12.0. The summed E-state index contributed by atoms with van der Waals surface area (Å²) < 4.78 is 27.5. The average molecular weight is 524 g/mol. The van der Waals surface area contributed by atoms with Crippen molar-refractivity contribution in [2.45, 2.75) is 59.3 Å². The van der Waals surface area contributed by atoms with Crippen LogP contribution < -0.4 is 0 Å². The van der Waals surface area contributed by atoms with Gasteiger partial charge in [-0.15, -0.1) is 0 Å². The first-order valence-electron chi connectivity index (χ1n) is 13.4. The summed E-state index contributed by atoms with van der Waals surface area (Å²) in [5.74, 6) is 0.638. The highest BCUT2D eigenvalue weighted by atomic mass is 32.2. The summed E-state index contributed by atoms with van der Waals surface area (Å²) in [5.41, 5.74) is 6.35. The number of nitrogens with zero attached hydrogens (tertiary/aromatic N) is 3. The fraction of sp³-hybridized carbons (Fsp3) is 0.452. The van der Waals surface area contributed by atoms with Crippen LogP contribution in [0.3, 0.4) is 0 Å². The average Bonchev–Trinajstić information content (AvgIpc) is 3.34. The second-order valence-electron chi connectivity index (χ2n) is 9.38. The summed E-state index contributed by atoms with van der Waals surface area (Å²) >= 11 is 0. The molecule has 1 aliphatic carbocycles. The molecule has 0 spiro atoms. The molecule has 1 aromatic heterocycles. The predicted molar refractivity (Wildman–Crippen MR) is 158 cm³/mol. The minimum absolute atomic E-state index is 0.238. The molecule has 4 rings (SSSR count). The maximum absolute atomic E-state index is 12.0. The van der Waals surface area contributed by atoms with Crippen LogP contribution in [-0.4, -0.2) is 41.6 Å². The van der Waals surface area contributed by atoms with E-state index >= 15 is 0 Å². The zero-order valence-corrected chi connectivity index (χ0v) is 24.3. The monoisotopic (exact) mass is 523 g/mol. The minimum atomic E-state index is -3.12. The Balaban J connectivity index is 0.000000519. The molecule has 1 unspecified atom stereocenters. The number of imidazole rings is 1. The van der Waals surface area contributed by atoms with Crippen LogP contribution in [0.5, 0.6) is 0 Å². The van der Waals surface area contributed by atoms with Crippen molar-refractivity contribution in [2.75, 3.05) is 19.3 Å². The normalized spacial score (nSPS) is 19.8. The molecule has 0 saturated carbocycles. The highest BCUT2D eigenvalue weighted by Crippen LogP contribution is 2.46. The Bertz CT molecular complexity index is 1180. The molecule has 0 amide bonds. The number of allylic oxidation sites excluding steroid dienone is 6. The molecule has 202 valence electrons. The summed E-state index contributed by atoms with van der Waals surface area (Å²) in [7, 11) is -1.19. The Kier molecular flexibility index (Phi) is 12.3. The van der Waals surface area contributed by atoms with E-state index in [2.05, 4.69) is 67.1 Å². The van der Waals surface area contributed by atoms with Crippen LogP contribution in [0.15, 0.2) is 84.5 Å². The second-order valence-corrected chi connectivity index (χ2v) is 11.4. The van der Waals surface area contributed by atoms with Gasteiger partial charge in [0.05, 0.1) is 12.6 Å². The first-order valence-corrected chi connectivity index (χ1v) is 15.3. The lowest BCUT2D eigenvalue weighted by Crippen LogP contribution is -2.39. The van der Waals surface area contributed by atoms with Gasteiger partial charge in [0.25, 0.3) is 0 Å². The van der Waals surface area contributed by atoms with Crippen LogP contribution in [0.25, 0.3) is 6.08 Å². The van der Waals surface area contributed by atoms with E-state index in [9.17, 15) is 8.42 Å². The molecule has 1 atom stereocenters. The summed E-state index contributed by atoms with van der Waals surface area (Å²) in [5, 5.41) is 0. The van der Waals surface area contributed by atoms with E-state index in [1.807, 2.05) is 38.6 Å². The number of rotatable bonds is 5. The number of hydrogen-bond acceptors (Lipinski definition) is 3. The lowest BCUT2D eigenvalue weighted by atomic mass is 9.73. The topological polar surface area (TPSA) is 55.2 Å². The van der Waals surface area contributed by atoms with Gasteiger partial charge in [0.2, 0.25) is 10.0 Å². The van der Waals surface area contributed by atoms with Gasteiger partial charge in [0.15, 0.2) is 0 Å². The third kappa shape index (κ3) is 8.41. The van der Waals surface area contributed by atoms with Crippen molar-refractivity contribution < 1.29 is 8.42 Å². The summed E-state index contributed by atoms with van der Waals surface area (Å²) in [4.78, 5) is 3.78. The predicted octanol–water partition coefficient (Wildman–Crippen LogP) is 7.14. The number of aryl methyl sites for hydroxylation is 1. The van der Waals surface area contributed by atoms with Gasteiger partial charge >= 0.3 is 0 Å². The molecule has 1 aromatic carbocycles. The van der Waals surface area contributed by atoms with Gasteiger partial charge in [-0.2, -0.15) is 0 Å². The first-order chi connectivity index (χ1) is 17.8. The molecule has 2 aromatic rings. The maximum Gasteiger partial charge on any atom is 0.211 e. The van der Waals surface area contributed by atoms with E-state index in [0.717, 1.165) is 31.3 Å². The lowest BCUT2D eigenvalue weighted by molar-refractivity contribution is 0.257. The number of benzene rings is 1. The van der Waals surface area contributed by atoms with Gasteiger partial charge in [-0.3, -0.25) is 0 Å². The van der Waals surface area contributed by atoms with Crippen LogP contribution in [0, 0.1) is 5.92 Å². The Morgan fingerprint density at radius 3 is 2.35 bits per heavy atom. The quantitative estimate of drug-likeness (QED) is 0.418. The molecule has 0 bridgehead atoms. The van der Waals surface area contributed by atoms with E-state index in [1.165, 1.54) is 28.5 Å². The number of aromatic nitrogens is 2. The Morgan fingerprint density at radius 1 is 1.16 bits per heavy atom. The van der Waals surface area contributed by atoms with Crippen molar-refractivity contribution in [3.8, 4) is 0 Å². The molecular weight excluding hydrogens is 478 g/mol. The zero-order chi connectivity index (χ0) is 27.4. The van der Waals surface area contributed by atoms with Crippen LogP contribution in [0.4, 0.5) is 0 Å². The van der Waals surface area contributed by atoms with Crippen LogP contribution in [0.1, 0.15) is 70.4 Å². The standard InChI is InChI=1S/C25H33NO2S.C4H6N2.C2H6/c1-5-7-12-23-19(3)21(10-6-2)18-22-11-8-9-13-24(22)25(23)20-14-16-26(17-15-20)29(4,27)28;1-6-3-2-5-4-6;1-2/h5,7-9,11-13,18,20,25H,3,6,10,14-17H2,1-2,4H3;2-4H,1H3;1-2H3/b7-5-,23-12+;;. The third-order valence-corrected chi connectivity index (χ3v) is 8.10. The molecule has 0 radical (unpaired) electrons. The molecule has 1 aliphatic heterocycles. The van der Waals surface area contributed by atoms with Crippen molar-refractivity contribution in [3.05, 3.63) is 95.6 Å². The summed E-state index contributed by atoms with van der Waals surface area (Å²) in [6.45, 7) is 14.0. The highest BCUT2D eigenvalue weighted by Gasteiger charge is 2.35. The summed E-state index contributed by atoms with van der Waals surface area (Å²) in [6, 6.07) is 8.67. The molecular formula is C31H45N3O2S. The smallest absolute Gasteiger partial charge is 0.211 e. The molecule has 1 saturated heterocycles. The van der Waals surface area contributed by atoms with Gasteiger partial charge in [-0.25, -0.2) is 17.7 Å². The van der Waals surface area contributed by atoms with E-state index in [-0.39, 0.29) is 5.92 Å². The highest BCUT2D eigenvalue weighted by molar-refractivity contribution is 7.88. The van der Waals surface area contributed by atoms with Crippen molar-refractivity contribution in [1.29, 1.82) is 0 Å². The second kappa shape index (κ2) is 14.9. The molecule has 1 fully saturated rings. The van der Waals surface area contributed by atoms with Gasteiger partial charge in [0, 0.05) is 38.4 Å². The third-order valence-electron chi connectivity index (χ3n) is 6.80. The molecule has 6 heteroatoms. The van der Waals surface area contributed by atoms with Crippen LogP contribution in [-0.2, 0) is 17.1 Å². The number of piperidine rings is 1. The Hall–Kier alpha value is -2.70. The van der Waals surface area contributed by atoms with Crippen LogP contribution in [0.2, 0.25) is 0 Å². The number of fused-ring (bicyclic) bond motifs is 1. The van der Waals surface area contributed by atoms with Crippen molar-refractivity contribution in [2.24, 2.45) is 13.0 Å². The lowest BCUT2D eigenvalue weighted by Gasteiger charge is -2.37. The minimum Gasteiger partial charge on any atom is -0.341 e. The van der Waals surface area contributed by atoms with E-state index < -0.39 is 10.0 Å². The molecule has 2 heterocycles. The number of sulfonamides is 1. The number of hydrogen-bond donors (Lipinski definition) is 0. The SMILES string of the molecule is C=C1C(CCC)=Cc2ccccc2C(C2CCN(S(C)(=O)=O)CC2)/C1=C/C=C\C.CC.Cn1ccnc1.